The fraction of sp³-hybridized carbons (Fsp3) is 0.600. The Kier molecular flexibility index (Phi) is 4.30. The third kappa shape index (κ3) is 4.60. The standard InChI is InChI=1S/C10H14O5/c1-7(3-4-9(11)13-2)10(12)15-6-8-5-14-8/h8H,1,3-6H2,2H3. The number of carbonyl (C=O) groups excluding carboxylic acids is 2. The second-order valence-corrected chi connectivity index (χ2v) is 3.23. The number of rotatable bonds is 6. The minimum atomic E-state index is -0.477. The highest BCUT2D eigenvalue weighted by Crippen LogP contribution is 2.11. The van der Waals surface area contributed by atoms with Gasteiger partial charge in [0.05, 0.1) is 13.7 Å². The molecule has 5 nitrogen and oxygen atoms in total. The van der Waals surface area contributed by atoms with Gasteiger partial charge in [-0.3, -0.25) is 4.79 Å². The number of carbonyl (C=O) groups is 2. The number of epoxide rings is 1. The van der Waals surface area contributed by atoms with E-state index in [0.717, 1.165) is 0 Å². The fourth-order valence-electron chi connectivity index (χ4n) is 0.892. The van der Waals surface area contributed by atoms with Crippen molar-refractivity contribution in [3.8, 4) is 0 Å². The monoisotopic (exact) mass is 214 g/mol. The van der Waals surface area contributed by atoms with Crippen LogP contribution < -0.4 is 0 Å². The molecule has 1 atom stereocenters. The van der Waals surface area contributed by atoms with E-state index in [1.54, 1.807) is 0 Å². The van der Waals surface area contributed by atoms with Gasteiger partial charge in [-0.05, 0) is 6.42 Å². The lowest BCUT2D eigenvalue weighted by atomic mass is 10.2. The van der Waals surface area contributed by atoms with E-state index in [1.807, 2.05) is 0 Å². The maximum atomic E-state index is 11.2. The Hall–Kier alpha value is -1.36. The molecule has 1 aliphatic rings. The van der Waals surface area contributed by atoms with E-state index in [9.17, 15) is 9.59 Å². The summed E-state index contributed by atoms with van der Waals surface area (Å²) in [6.45, 7) is 4.44. The number of hydrogen-bond acceptors (Lipinski definition) is 5. The van der Waals surface area contributed by atoms with Crippen molar-refractivity contribution in [3.63, 3.8) is 0 Å². The predicted octanol–water partition coefficient (Wildman–Crippen LogP) is 0.438. The van der Waals surface area contributed by atoms with Gasteiger partial charge in [-0.15, -0.1) is 0 Å². The lowest BCUT2D eigenvalue weighted by molar-refractivity contribution is -0.141. The normalized spacial score (nSPS) is 18.1. The molecule has 0 N–H and O–H groups in total. The Bertz CT molecular complexity index is 267. The quantitative estimate of drug-likeness (QED) is 0.364. The van der Waals surface area contributed by atoms with Gasteiger partial charge < -0.3 is 14.2 Å². The van der Waals surface area contributed by atoms with Gasteiger partial charge in [0, 0.05) is 12.0 Å². The van der Waals surface area contributed by atoms with Gasteiger partial charge >= 0.3 is 11.9 Å². The molecular weight excluding hydrogens is 200 g/mol. The molecule has 1 rings (SSSR count). The summed E-state index contributed by atoms with van der Waals surface area (Å²) in [5.41, 5.74) is 0.279. The number of esters is 2. The molecule has 0 aromatic heterocycles. The molecule has 0 bridgehead atoms. The van der Waals surface area contributed by atoms with Crippen molar-refractivity contribution < 1.29 is 23.8 Å². The first-order chi connectivity index (χ1) is 7.13. The van der Waals surface area contributed by atoms with Crippen molar-refractivity contribution in [2.75, 3.05) is 20.3 Å². The van der Waals surface area contributed by atoms with E-state index < -0.39 is 5.97 Å². The maximum absolute atomic E-state index is 11.2. The number of methoxy groups -OCH3 is 1. The first kappa shape index (κ1) is 11.7. The van der Waals surface area contributed by atoms with Crippen molar-refractivity contribution in [1.82, 2.24) is 0 Å². The molecule has 1 fully saturated rings. The molecule has 0 spiro atoms. The van der Waals surface area contributed by atoms with Gasteiger partial charge in [-0.25, -0.2) is 4.79 Å². The van der Waals surface area contributed by atoms with Crippen LogP contribution in [-0.4, -0.2) is 38.4 Å². The van der Waals surface area contributed by atoms with E-state index in [4.69, 9.17) is 9.47 Å². The first-order valence-electron chi connectivity index (χ1n) is 4.66. The molecule has 0 saturated carbocycles. The van der Waals surface area contributed by atoms with Crippen molar-refractivity contribution in [2.24, 2.45) is 0 Å². The largest absolute Gasteiger partial charge is 0.469 e. The Morgan fingerprint density at radius 3 is 2.67 bits per heavy atom. The summed E-state index contributed by atoms with van der Waals surface area (Å²) in [5.74, 6) is -0.844. The van der Waals surface area contributed by atoms with E-state index in [0.29, 0.717) is 6.61 Å². The lowest BCUT2D eigenvalue weighted by Crippen LogP contribution is -2.12. The summed E-state index contributed by atoms with van der Waals surface area (Å²) in [5, 5.41) is 0. The molecule has 0 aromatic carbocycles. The zero-order valence-electron chi connectivity index (χ0n) is 8.65. The second-order valence-electron chi connectivity index (χ2n) is 3.23. The van der Waals surface area contributed by atoms with Crippen LogP contribution in [0.2, 0.25) is 0 Å². The molecule has 5 heteroatoms. The average molecular weight is 214 g/mol. The first-order valence-corrected chi connectivity index (χ1v) is 4.66. The molecule has 0 aromatic rings. The van der Waals surface area contributed by atoms with Crippen LogP contribution in [0.15, 0.2) is 12.2 Å². The summed E-state index contributed by atoms with van der Waals surface area (Å²) in [4.78, 5) is 22.0. The van der Waals surface area contributed by atoms with Crippen LogP contribution in [0.4, 0.5) is 0 Å². The van der Waals surface area contributed by atoms with E-state index in [1.165, 1.54) is 7.11 Å². The predicted molar refractivity (Wildman–Crippen MR) is 51.1 cm³/mol. The summed E-state index contributed by atoms with van der Waals surface area (Å²) in [6, 6.07) is 0. The van der Waals surface area contributed by atoms with Gasteiger partial charge in [0.15, 0.2) is 0 Å². The Labute approximate surface area is 88.0 Å². The van der Waals surface area contributed by atoms with Crippen molar-refractivity contribution in [2.45, 2.75) is 18.9 Å². The zero-order valence-corrected chi connectivity index (χ0v) is 8.65. The molecule has 0 aliphatic carbocycles. The Morgan fingerprint density at radius 1 is 1.47 bits per heavy atom. The SMILES string of the molecule is C=C(CCC(=O)OC)C(=O)OCC1CO1. The van der Waals surface area contributed by atoms with Gasteiger partial charge in [0.2, 0.25) is 0 Å². The van der Waals surface area contributed by atoms with Crippen LogP contribution in [-0.2, 0) is 23.8 Å². The fourth-order valence-corrected chi connectivity index (χ4v) is 0.892. The summed E-state index contributed by atoms with van der Waals surface area (Å²) in [6.07, 6.45) is 0.448. The van der Waals surface area contributed by atoms with Crippen LogP contribution in [0.5, 0.6) is 0 Å². The Balaban J connectivity index is 2.14. The molecule has 84 valence electrons. The van der Waals surface area contributed by atoms with Gasteiger partial charge in [-0.2, -0.15) is 0 Å². The number of hydrogen-bond donors (Lipinski definition) is 0. The molecule has 1 aliphatic heterocycles. The summed E-state index contributed by atoms with van der Waals surface area (Å²) >= 11 is 0. The third-order valence-corrected chi connectivity index (χ3v) is 1.95. The lowest BCUT2D eigenvalue weighted by Gasteiger charge is -2.04. The topological polar surface area (TPSA) is 65.1 Å². The van der Waals surface area contributed by atoms with Crippen LogP contribution in [0.25, 0.3) is 0 Å². The van der Waals surface area contributed by atoms with E-state index in [-0.39, 0.29) is 37.1 Å². The molecule has 0 radical (unpaired) electrons. The summed E-state index contributed by atoms with van der Waals surface area (Å²) < 4.78 is 14.2. The Morgan fingerprint density at radius 2 is 2.13 bits per heavy atom. The minimum Gasteiger partial charge on any atom is -0.469 e. The maximum Gasteiger partial charge on any atom is 0.333 e. The minimum absolute atomic E-state index is 0.0438. The molecule has 0 amide bonds. The third-order valence-electron chi connectivity index (χ3n) is 1.95. The van der Waals surface area contributed by atoms with E-state index >= 15 is 0 Å². The zero-order chi connectivity index (χ0) is 11.3. The summed E-state index contributed by atoms with van der Waals surface area (Å²) in [7, 11) is 1.30. The van der Waals surface area contributed by atoms with Crippen LogP contribution in [0, 0.1) is 0 Å². The van der Waals surface area contributed by atoms with Crippen molar-refractivity contribution >= 4 is 11.9 Å². The van der Waals surface area contributed by atoms with Gasteiger partial charge in [-0.1, -0.05) is 6.58 Å². The van der Waals surface area contributed by atoms with Crippen molar-refractivity contribution in [3.05, 3.63) is 12.2 Å². The highest BCUT2D eigenvalue weighted by molar-refractivity contribution is 5.88. The molecule has 1 saturated heterocycles. The van der Waals surface area contributed by atoms with Gasteiger partial charge in [0.25, 0.3) is 0 Å². The van der Waals surface area contributed by atoms with Crippen molar-refractivity contribution in [1.29, 1.82) is 0 Å². The van der Waals surface area contributed by atoms with Crippen LogP contribution >= 0.6 is 0 Å². The molecule has 15 heavy (non-hydrogen) atoms. The van der Waals surface area contributed by atoms with Crippen LogP contribution in [0.3, 0.4) is 0 Å². The van der Waals surface area contributed by atoms with Crippen LogP contribution in [0.1, 0.15) is 12.8 Å². The molecule has 1 heterocycles. The smallest absolute Gasteiger partial charge is 0.333 e. The number of ether oxygens (including phenoxy) is 3. The van der Waals surface area contributed by atoms with Gasteiger partial charge in [0.1, 0.15) is 12.7 Å². The second kappa shape index (κ2) is 5.50. The molecular formula is C10H14O5. The highest BCUT2D eigenvalue weighted by atomic mass is 16.6. The molecule has 1 unspecified atom stereocenters. The average Bonchev–Trinajstić information content (AvgIpc) is 3.05. The highest BCUT2D eigenvalue weighted by Gasteiger charge is 2.24. The van der Waals surface area contributed by atoms with E-state index in [2.05, 4.69) is 11.3 Å².